The first-order valence-corrected chi connectivity index (χ1v) is 10.7. The number of nitrogens with two attached hydrogens (primary N) is 1. The summed E-state index contributed by atoms with van der Waals surface area (Å²) in [5.74, 6) is 0. The molecular weight excluding hydrogens is 382 g/mol. The zero-order valence-corrected chi connectivity index (χ0v) is 17.1. The van der Waals surface area contributed by atoms with Crippen LogP contribution in [-0.4, -0.2) is 19.2 Å². The van der Waals surface area contributed by atoms with Gasteiger partial charge in [0.2, 0.25) is 0 Å². The molecule has 0 aliphatic heterocycles. The predicted molar refractivity (Wildman–Crippen MR) is 123 cm³/mol. The minimum atomic E-state index is -0.154. The summed E-state index contributed by atoms with van der Waals surface area (Å²) in [6, 6.07) is 25.1. The zero-order chi connectivity index (χ0) is 20.8. The van der Waals surface area contributed by atoms with Crippen molar-refractivity contribution < 1.29 is 0 Å². The van der Waals surface area contributed by atoms with E-state index in [1.807, 2.05) is 35.1 Å². The number of nitrogens with zero attached hydrogens (tertiary/aromatic N) is 4. The maximum absolute atomic E-state index is 6.53. The largest absolute Gasteiger partial charge is 0.321 e. The Morgan fingerprint density at radius 1 is 0.839 bits per heavy atom. The van der Waals surface area contributed by atoms with Crippen LogP contribution in [0.2, 0.25) is 0 Å². The molecule has 2 aromatic carbocycles. The summed E-state index contributed by atoms with van der Waals surface area (Å²) in [7, 11) is 0. The minimum absolute atomic E-state index is 0.154. The first-order chi connectivity index (χ1) is 15.2. The highest BCUT2D eigenvalue weighted by molar-refractivity contribution is 5.82. The van der Waals surface area contributed by atoms with E-state index in [9.17, 15) is 0 Å². The van der Waals surface area contributed by atoms with Crippen molar-refractivity contribution in [2.75, 3.05) is 0 Å². The maximum atomic E-state index is 6.53. The van der Waals surface area contributed by atoms with Gasteiger partial charge in [0.15, 0.2) is 0 Å². The molecule has 2 N–H and O–H groups in total. The molecule has 3 aromatic heterocycles. The molecule has 5 nitrogen and oxygen atoms in total. The van der Waals surface area contributed by atoms with Gasteiger partial charge in [0.25, 0.3) is 0 Å². The number of aromatic nitrogens is 4. The number of benzene rings is 2. The van der Waals surface area contributed by atoms with E-state index in [4.69, 9.17) is 10.7 Å². The van der Waals surface area contributed by atoms with Gasteiger partial charge in [0.1, 0.15) is 5.65 Å². The number of hydrogen-bond donors (Lipinski definition) is 1. The van der Waals surface area contributed by atoms with E-state index in [2.05, 4.69) is 64.2 Å². The Balaban J connectivity index is 1.53. The van der Waals surface area contributed by atoms with E-state index in [-0.39, 0.29) is 5.54 Å². The molecule has 0 atom stereocenters. The molecule has 1 saturated carbocycles. The van der Waals surface area contributed by atoms with Crippen LogP contribution >= 0.6 is 0 Å². The molecule has 1 aliphatic rings. The van der Waals surface area contributed by atoms with E-state index in [0.29, 0.717) is 0 Å². The average Bonchev–Trinajstić information content (AvgIpc) is 3.46. The van der Waals surface area contributed by atoms with Gasteiger partial charge in [0.05, 0.1) is 17.1 Å². The molecule has 1 aliphatic carbocycles. The molecular formula is C26H23N5. The lowest BCUT2D eigenvalue weighted by Crippen LogP contribution is -2.43. The molecule has 6 rings (SSSR count). The quantitative estimate of drug-likeness (QED) is 0.447. The normalized spacial score (nSPS) is 15.1. The van der Waals surface area contributed by atoms with E-state index in [1.54, 1.807) is 6.20 Å². The van der Waals surface area contributed by atoms with Gasteiger partial charge in [-0.1, -0.05) is 54.6 Å². The van der Waals surface area contributed by atoms with E-state index >= 15 is 0 Å². The molecule has 3 heterocycles. The first kappa shape index (κ1) is 18.1. The van der Waals surface area contributed by atoms with Crippen LogP contribution in [0.3, 0.4) is 0 Å². The lowest BCUT2D eigenvalue weighted by atomic mass is 9.72. The van der Waals surface area contributed by atoms with Crippen molar-refractivity contribution in [3.63, 3.8) is 0 Å². The van der Waals surface area contributed by atoms with Crippen LogP contribution in [0.25, 0.3) is 33.8 Å². The fraction of sp³-hybridized carbons (Fsp3) is 0.154. The van der Waals surface area contributed by atoms with Crippen molar-refractivity contribution in [2.45, 2.75) is 24.8 Å². The Bertz CT molecular complexity index is 1340. The van der Waals surface area contributed by atoms with E-state index in [0.717, 1.165) is 46.7 Å². The summed E-state index contributed by atoms with van der Waals surface area (Å²) in [5.41, 5.74) is 13.7. The van der Waals surface area contributed by atoms with Gasteiger partial charge < -0.3 is 5.73 Å². The zero-order valence-electron chi connectivity index (χ0n) is 17.1. The van der Waals surface area contributed by atoms with Gasteiger partial charge in [-0.15, -0.1) is 0 Å². The summed E-state index contributed by atoms with van der Waals surface area (Å²) >= 11 is 0. The molecule has 0 saturated heterocycles. The van der Waals surface area contributed by atoms with E-state index in [1.165, 1.54) is 12.0 Å². The van der Waals surface area contributed by atoms with Crippen molar-refractivity contribution in [3.8, 4) is 28.2 Å². The molecule has 0 bridgehead atoms. The molecule has 0 spiro atoms. The van der Waals surface area contributed by atoms with Gasteiger partial charge in [-0.25, -0.2) is 9.67 Å². The fourth-order valence-corrected chi connectivity index (χ4v) is 4.47. The third-order valence-electron chi connectivity index (χ3n) is 6.40. The first-order valence-electron chi connectivity index (χ1n) is 10.7. The van der Waals surface area contributed by atoms with Crippen molar-refractivity contribution in [3.05, 3.63) is 97.0 Å². The maximum Gasteiger partial charge on any atom is 0.138 e. The van der Waals surface area contributed by atoms with Crippen LogP contribution in [0, 0.1) is 0 Å². The van der Waals surface area contributed by atoms with Gasteiger partial charge in [-0.3, -0.25) is 4.40 Å². The van der Waals surface area contributed by atoms with Gasteiger partial charge in [0, 0.05) is 35.3 Å². The van der Waals surface area contributed by atoms with Crippen LogP contribution in [0.4, 0.5) is 0 Å². The Labute approximate surface area is 180 Å². The summed E-state index contributed by atoms with van der Waals surface area (Å²) < 4.78 is 4.02. The third kappa shape index (κ3) is 2.97. The molecule has 0 unspecified atom stereocenters. The summed E-state index contributed by atoms with van der Waals surface area (Å²) in [6.07, 6.45) is 9.16. The Hall–Kier alpha value is -3.70. The molecule has 5 aromatic rings. The number of rotatable bonds is 4. The average molecular weight is 406 g/mol. The SMILES string of the molecule is NC1(c2ccc(-c3nc4ccc(-n5cccn5)cn4c3-c3ccccc3)cc2)CCC1. The molecule has 1 fully saturated rings. The Morgan fingerprint density at radius 3 is 2.32 bits per heavy atom. The Kier molecular flexibility index (Phi) is 4.04. The second-order valence-corrected chi connectivity index (χ2v) is 8.33. The van der Waals surface area contributed by atoms with Crippen LogP contribution in [0.1, 0.15) is 24.8 Å². The number of pyridine rings is 1. The van der Waals surface area contributed by atoms with Crippen LogP contribution in [-0.2, 0) is 5.54 Å². The van der Waals surface area contributed by atoms with Crippen LogP contribution < -0.4 is 5.73 Å². The van der Waals surface area contributed by atoms with Gasteiger partial charge >= 0.3 is 0 Å². The van der Waals surface area contributed by atoms with Crippen molar-refractivity contribution in [1.29, 1.82) is 0 Å². The molecule has 152 valence electrons. The summed E-state index contributed by atoms with van der Waals surface area (Å²) in [4.78, 5) is 5.01. The van der Waals surface area contributed by atoms with Gasteiger partial charge in [-0.2, -0.15) is 5.10 Å². The standard InChI is InChI=1S/C26H23N5/c27-26(14-4-15-26)21-10-8-19(9-11-21)24-25(20-6-2-1-3-7-20)30-18-22(12-13-23(30)29-24)31-17-5-16-28-31/h1-3,5-13,16-18H,4,14-15,27H2. The number of imidazole rings is 1. The smallest absolute Gasteiger partial charge is 0.138 e. The Morgan fingerprint density at radius 2 is 1.65 bits per heavy atom. The predicted octanol–water partition coefficient (Wildman–Crippen LogP) is 5.19. The molecule has 0 amide bonds. The summed E-state index contributed by atoms with van der Waals surface area (Å²) in [6.45, 7) is 0. The van der Waals surface area contributed by atoms with E-state index < -0.39 is 0 Å². The second-order valence-electron chi connectivity index (χ2n) is 8.33. The number of hydrogen-bond acceptors (Lipinski definition) is 3. The number of fused-ring (bicyclic) bond motifs is 1. The lowest BCUT2D eigenvalue weighted by Gasteiger charge is -2.38. The van der Waals surface area contributed by atoms with Crippen LogP contribution in [0.5, 0.6) is 0 Å². The van der Waals surface area contributed by atoms with Crippen LogP contribution in [0.15, 0.2) is 91.4 Å². The van der Waals surface area contributed by atoms with Crippen molar-refractivity contribution in [1.82, 2.24) is 19.2 Å². The molecule has 5 heteroatoms. The monoisotopic (exact) mass is 405 g/mol. The highest BCUT2D eigenvalue weighted by Crippen LogP contribution is 2.40. The molecule has 31 heavy (non-hydrogen) atoms. The highest BCUT2D eigenvalue weighted by Gasteiger charge is 2.34. The highest BCUT2D eigenvalue weighted by atomic mass is 15.3. The lowest BCUT2D eigenvalue weighted by molar-refractivity contribution is 0.253. The fourth-order valence-electron chi connectivity index (χ4n) is 4.47. The molecule has 0 radical (unpaired) electrons. The minimum Gasteiger partial charge on any atom is -0.321 e. The van der Waals surface area contributed by atoms with Crippen molar-refractivity contribution >= 4 is 5.65 Å². The van der Waals surface area contributed by atoms with Crippen molar-refractivity contribution in [2.24, 2.45) is 5.73 Å². The second kappa shape index (κ2) is 6.93. The third-order valence-corrected chi connectivity index (χ3v) is 6.40. The summed E-state index contributed by atoms with van der Waals surface area (Å²) in [5, 5.41) is 4.38. The topological polar surface area (TPSA) is 61.1 Å². The van der Waals surface area contributed by atoms with Gasteiger partial charge in [-0.05, 0) is 43.0 Å².